The lowest BCUT2D eigenvalue weighted by molar-refractivity contribution is 0.0519. The highest BCUT2D eigenvalue weighted by Crippen LogP contribution is 2.16. The van der Waals surface area contributed by atoms with E-state index in [2.05, 4.69) is 27.6 Å². The molecule has 0 spiro atoms. The summed E-state index contributed by atoms with van der Waals surface area (Å²) in [6, 6.07) is 3.91. The minimum atomic E-state index is -0.367. The number of esters is 1. The molecule has 2 aromatic rings. The van der Waals surface area contributed by atoms with Crippen molar-refractivity contribution < 1.29 is 9.53 Å². The predicted molar refractivity (Wildman–Crippen MR) is 68.6 cm³/mol. The zero-order valence-corrected chi connectivity index (χ0v) is 11.2. The molecule has 0 radical (unpaired) electrons. The number of imidazole rings is 1. The lowest BCUT2D eigenvalue weighted by atomic mass is 10.3. The summed E-state index contributed by atoms with van der Waals surface area (Å²) in [4.78, 5) is 15.9. The van der Waals surface area contributed by atoms with Crippen LogP contribution in [0.4, 0.5) is 0 Å². The van der Waals surface area contributed by atoms with Gasteiger partial charge in [0.25, 0.3) is 0 Å². The second kappa shape index (κ2) is 4.40. The second-order valence-corrected chi connectivity index (χ2v) is 4.43. The SMILES string of the molecule is CCOC(=O)c1nc2cc(C)ccn2c1I. The molecule has 0 aromatic carbocycles. The summed E-state index contributed by atoms with van der Waals surface area (Å²) in [5.41, 5.74) is 2.27. The molecule has 0 aliphatic heterocycles. The lowest BCUT2D eigenvalue weighted by Gasteiger charge is -1.98. The molecule has 0 atom stereocenters. The summed E-state index contributed by atoms with van der Waals surface area (Å²) in [6.07, 6.45) is 1.90. The Bertz CT molecular complexity index is 548. The molecule has 5 heteroatoms. The Labute approximate surface area is 107 Å². The van der Waals surface area contributed by atoms with Crippen LogP contribution in [0.15, 0.2) is 18.3 Å². The van der Waals surface area contributed by atoms with E-state index in [0.717, 1.165) is 14.9 Å². The average Bonchev–Trinajstić information content (AvgIpc) is 2.56. The van der Waals surface area contributed by atoms with Crippen molar-refractivity contribution in [3.05, 3.63) is 33.3 Å². The number of aromatic nitrogens is 2. The first-order chi connectivity index (χ1) is 7.63. The van der Waals surface area contributed by atoms with Crippen molar-refractivity contribution >= 4 is 34.2 Å². The van der Waals surface area contributed by atoms with E-state index in [1.807, 2.05) is 29.7 Å². The number of aryl methyl sites for hydroxylation is 1. The number of carbonyl (C=O) groups is 1. The summed E-state index contributed by atoms with van der Waals surface area (Å²) < 4.78 is 7.61. The standard InChI is InChI=1S/C11H11IN2O2/c1-3-16-11(15)9-10(12)14-5-4-7(2)6-8(14)13-9/h4-6H,3H2,1-2H3. The lowest BCUT2D eigenvalue weighted by Crippen LogP contribution is -2.06. The third-order valence-electron chi connectivity index (χ3n) is 2.19. The highest BCUT2D eigenvalue weighted by Gasteiger charge is 2.17. The summed E-state index contributed by atoms with van der Waals surface area (Å²) >= 11 is 2.10. The van der Waals surface area contributed by atoms with E-state index in [1.54, 1.807) is 6.92 Å². The van der Waals surface area contributed by atoms with Crippen LogP contribution in [0.5, 0.6) is 0 Å². The number of fused-ring (bicyclic) bond motifs is 1. The van der Waals surface area contributed by atoms with E-state index in [4.69, 9.17) is 4.74 Å². The molecule has 0 fully saturated rings. The van der Waals surface area contributed by atoms with Crippen LogP contribution >= 0.6 is 22.6 Å². The van der Waals surface area contributed by atoms with Gasteiger partial charge in [0.1, 0.15) is 9.35 Å². The van der Waals surface area contributed by atoms with E-state index in [-0.39, 0.29) is 5.97 Å². The van der Waals surface area contributed by atoms with Crippen molar-refractivity contribution in [2.75, 3.05) is 6.61 Å². The Morgan fingerprint density at radius 2 is 2.38 bits per heavy atom. The zero-order valence-electron chi connectivity index (χ0n) is 9.03. The van der Waals surface area contributed by atoms with Gasteiger partial charge in [0.15, 0.2) is 5.69 Å². The molecule has 2 aromatic heterocycles. The molecule has 0 saturated heterocycles. The van der Waals surface area contributed by atoms with Gasteiger partial charge in [-0.1, -0.05) is 0 Å². The average molecular weight is 330 g/mol. The van der Waals surface area contributed by atoms with Crippen molar-refractivity contribution in [2.24, 2.45) is 0 Å². The maximum atomic E-state index is 11.6. The molecule has 2 heterocycles. The predicted octanol–water partition coefficient (Wildman–Crippen LogP) is 2.42. The number of hydrogen-bond acceptors (Lipinski definition) is 3. The van der Waals surface area contributed by atoms with Gasteiger partial charge in [-0.3, -0.25) is 4.40 Å². The molecular weight excluding hydrogens is 319 g/mol. The number of ether oxygens (including phenoxy) is 1. The highest BCUT2D eigenvalue weighted by molar-refractivity contribution is 14.1. The summed E-state index contributed by atoms with van der Waals surface area (Å²) in [5, 5.41) is 0. The maximum Gasteiger partial charge on any atom is 0.359 e. The number of rotatable bonds is 2. The van der Waals surface area contributed by atoms with Crippen LogP contribution in [0.1, 0.15) is 23.0 Å². The molecule has 16 heavy (non-hydrogen) atoms. The van der Waals surface area contributed by atoms with Gasteiger partial charge in [0, 0.05) is 6.20 Å². The minimum absolute atomic E-state index is 0.363. The number of carbonyl (C=O) groups excluding carboxylic acids is 1. The molecule has 0 amide bonds. The topological polar surface area (TPSA) is 43.6 Å². The van der Waals surface area contributed by atoms with E-state index in [9.17, 15) is 4.79 Å². The van der Waals surface area contributed by atoms with Gasteiger partial charge in [0.05, 0.1) is 6.61 Å². The molecule has 0 unspecified atom stereocenters. The third-order valence-corrected chi connectivity index (χ3v) is 3.22. The number of halogens is 1. The van der Waals surface area contributed by atoms with Gasteiger partial charge < -0.3 is 4.74 Å². The fourth-order valence-corrected chi connectivity index (χ4v) is 2.19. The van der Waals surface area contributed by atoms with Gasteiger partial charge in [-0.05, 0) is 54.1 Å². The molecular formula is C11H11IN2O2. The minimum Gasteiger partial charge on any atom is -0.461 e. The molecule has 0 saturated carbocycles. The van der Waals surface area contributed by atoms with Crippen molar-refractivity contribution in [2.45, 2.75) is 13.8 Å². The zero-order chi connectivity index (χ0) is 11.7. The Kier molecular flexibility index (Phi) is 3.13. The van der Waals surface area contributed by atoms with E-state index >= 15 is 0 Å². The van der Waals surface area contributed by atoms with Gasteiger partial charge in [-0.15, -0.1) is 0 Å². The van der Waals surface area contributed by atoms with Crippen molar-refractivity contribution in [3.8, 4) is 0 Å². The van der Waals surface area contributed by atoms with Gasteiger partial charge in [0.2, 0.25) is 0 Å². The Morgan fingerprint density at radius 1 is 1.62 bits per heavy atom. The Morgan fingerprint density at radius 3 is 3.06 bits per heavy atom. The third kappa shape index (κ3) is 1.91. The highest BCUT2D eigenvalue weighted by atomic mass is 127. The van der Waals surface area contributed by atoms with Crippen LogP contribution in [-0.2, 0) is 4.74 Å². The van der Waals surface area contributed by atoms with E-state index in [1.165, 1.54) is 0 Å². The van der Waals surface area contributed by atoms with E-state index < -0.39 is 0 Å². The van der Waals surface area contributed by atoms with Crippen LogP contribution in [0.2, 0.25) is 0 Å². The van der Waals surface area contributed by atoms with Gasteiger partial charge >= 0.3 is 5.97 Å². The first kappa shape index (κ1) is 11.4. The summed E-state index contributed by atoms with van der Waals surface area (Å²) in [7, 11) is 0. The van der Waals surface area contributed by atoms with Crippen LogP contribution in [-0.4, -0.2) is 22.0 Å². The summed E-state index contributed by atoms with van der Waals surface area (Å²) in [6.45, 7) is 4.14. The number of hydrogen-bond donors (Lipinski definition) is 0. The molecule has 0 aliphatic rings. The first-order valence-electron chi connectivity index (χ1n) is 4.94. The van der Waals surface area contributed by atoms with E-state index in [0.29, 0.717) is 12.3 Å². The molecule has 4 nitrogen and oxygen atoms in total. The maximum absolute atomic E-state index is 11.6. The first-order valence-corrected chi connectivity index (χ1v) is 6.02. The molecule has 0 aliphatic carbocycles. The van der Waals surface area contributed by atoms with Crippen LogP contribution < -0.4 is 0 Å². The van der Waals surface area contributed by atoms with Crippen LogP contribution in [0.3, 0.4) is 0 Å². The smallest absolute Gasteiger partial charge is 0.359 e. The van der Waals surface area contributed by atoms with Crippen molar-refractivity contribution in [3.63, 3.8) is 0 Å². The van der Waals surface area contributed by atoms with Crippen LogP contribution in [0, 0.1) is 10.6 Å². The summed E-state index contributed by atoms with van der Waals surface area (Å²) in [5.74, 6) is -0.367. The molecule has 84 valence electrons. The fraction of sp³-hybridized carbons (Fsp3) is 0.273. The quantitative estimate of drug-likeness (QED) is 0.627. The molecule has 2 rings (SSSR count). The molecule has 0 N–H and O–H groups in total. The Hall–Kier alpha value is -1.11. The van der Waals surface area contributed by atoms with Crippen LogP contribution in [0.25, 0.3) is 5.65 Å². The largest absolute Gasteiger partial charge is 0.461 e. The Balaban J connectivity index is 2.55. The molecule has 0 bridgehead atoms. The van der Waals surface area contributed by atoms with Gasteiger partial charge in [-0.25, -0.2) is 9.78 Å². The number of nitrogens with zero attached hydrogens (tertiary/aromatic N) is 2. The second-order valence-electron chi connectivity index (χ2n) is 3.40. The van der Waals surface area contributed by atoms with Crippen molar-refractivity contribution in [1.29, 1.82) is 0 Å². The fourth-order valence-electron chi connectivity index (χ4n) is 1.45. The number of pyridine rings is 1. The monoisotopic (exact) mass is 330 g/mol. The normalized spacial score (nSPS) is 10.7. The van der Waals surface area contributed by atoms with Crippen molar-refractivity contribution in [1.82, 2.24) is 9.38 Å². The van der Waals surface area contributed by atoms with Gasteiger partial charge in [-0.2, -0.15) is 0 Å².